The lowest BCUT2D eigenvalue weighted by Gasteiger charge is -2.26. The molecule has 0 unspecified atom stereocenters. The highest BCUT2D eigenvalue weighted by Crippen LogP contribution is 2.34. The van der Waals surface area contributed by atoms with Crippen molar-refractivity contribution in [3.8, 4) is 0 Å². The first-order chi connectivity index (χ1) is 7.10. The third kappa shape index (κ3) is 3.19. The largest absolute Gasteiger partial charge is 0.468 e. The van der Waals surface area contributed by atoms with Crippen LogP contribution in [-0.4, -0.2) is 13.1 Å². The average molecular weight is 318 g/mol. The van der Waals surface area contributed by atoms with Crippen molar-refractivity contribution in [3.63, 3.8) is 0 Å². The maximum Gasteiger partial charge on any atom is 0.319 e. The van der Waals surface area contributed by atoms with Crippen LogP contribution in [0.15, 0.2) is 34.5 Å². The number of halogens is 1. The van der Waals surface area contributed by atoms with Crippen molar-refractivity contribution in [2.75, 3.05) is 7.11 Å². The van der Waals surface area contributed by atoms with Crippen molar-refractivity contribution in [1.29, 1.82) is 0 Å². The molecule has 0 aromatic heterocycles. The first-order valence-electron chi connectivity index (χ1n) is 4.88. The average Bonchev–Trinajstić information content (AvgIpc) is 2.26. The van der Waals surface area contributed by atoms with Gasteiger partial charge in [0.05, 0.1) is 7.11 Å². The predicted molar refractivity (Wildman–Crippen MR) is 69.7 cm³/mol. The molecule has 3 heteroatoms. The van der Waals surface area contributed by atoms with E-state index in [1.807, 2.05) is 24.3 Å². The van der Waals surface area contributed by atoms with Crippen molar-refractivity contribution in [2.45, 2.75) is 19.3 Å². The summed E-state index contributed by atoms with van der Waals surface area (Å²) in [6, 6.07) is 0. The minimum Gasteiger partial charge on any atom is -0.468 e. The molecular weight excluding hydrogens is 303 g/mol. The quantitative estimate of drug-likeness (QED) is 0.451. The van der Waals surface area contributed by atoms with Gasteiger partial charge < -0.3 is 4.74 Å². The van der Waals surface area contributed by atoms with E-state index in [0.29, 0.717) is 0 Å². The lowest BCUT2D eigenvalue weighted by atomic mass is 9.80. The van der Waals surface area contributed by atoms with Crippen LogP contribution in [0.4, 0.5) is 0 Å². The van der Waals surface area contributed by atoms with E-state index in [4.69, 9.17) is 4.74 Å². The highest BCUT2D eigenvalue weighted by atomic mass is 127. The van der Waals surface area contributed by atoms with Crippen LogP contribution in [0.5, 0.6) is 0 Å². The van der Waals surface area contributed by atoms with Gasteiger partial charge in [0, 0.05) is 0 Å². The topological polar surface area (TPSA) is 26.3 Å². The lowest BCUT2D eigenvalue weighted by Crippen LogP contribution is -2.29. The number of carbonyl (C=O) groups is 1. The molecule has 2 nitrogen and oxygen atoms in total. The van der Waals surface area contributed by atoms with Gasteiger partial charge in [-0.05, 0) is 45.4 Å². The van der Waals surface area contributed by atoms with Crippen LogP contribution < -0.4 is 0 Å². The van der Waals surface area contributed by atoms with Crippen LogP contribution in [0.3, 0.4) is 0 Å². The molecule has 1 rings (SSSR count). The van der Waals surface area contributed by atoms with Crippen molar-refractivity contribution in [3.05, 3.63) is 34.5 Å². The maximum atomic E-state index is 11.7. The number of hydrogen-bond acceptors (Lipinski definition) is 2. The summed E-state index contributed by atoms with van der Waals surface area (Å²) in [5.74, 6) is -0.188. The van der Waals surface area contributed by atoms with Crippen LogP contribution >= 0.6 is 22.6 Å². The van der Waals surface area contributed by atoms with Gasteiger partial charge in [-0.3, -0.25) is 4.79 Å². The Morgan fingerprint density at radius 1 is 1.53 bits per heavy atom. The Bertz CT molecular complexity index is 304. The second-order valence-electron chi connectivity index (χ2n) is 3.59. The summed E-state index contributed by atoms with van der Waals surface area (Å²) < 4.78 is 5.91. The van der Waals surface area contributed by atoms with Gasteiger partial charge in [0.2, 0.25) is 0 Å². The van der Waals surface area contributed by atoms with Gasteiger partial charge in [0.1, 0.15) is 5.41 Å². The van der Waals surface area contributed by atoms with Crippen molar-refractivity contribution in [1.82, 2.24) is 0 Å². The summed E-state index contributed by atoms with van der Waals surface area (Å²) in [4.78, 5) is 11.7. The SMILES string of the molecule is C=C(I)CCC1(C(=O)OC)C=CCC=C1. The Hall–Kier alpha value is -0.580. The summed E-state index contributed by atoms with van der Waals surface area (Å²) in [7, 11) is 1.43. The van der Waals surface area contributed by atoms with Gasteiger partial charge in [-0.15, -0.1) is 0 Å². The zero-order chi connectivity index (χ0) is 11.3. The van der Waals surface area contributed by atoms with Crippen LogP contribution in [0.1, 0.15) is 19.3 Å². The van der Waals surface area contributed by atoms with Crippen molar-refractivity contribution >= 4 is 28.6 Å². The van der Waals surface area contributed by atoms with Gasteiger partial charge in [-0.1, -0.05) is 30.9 Å². The van der Waals surface area contributed by atoms with Crippen LogP contribution in [0.2, 0.25) is 0 Å². The molecule has 0 bridgehead atoms. The minimum atomic E-state index is -0.568. The zero-order valence-electron chi connectivity index (χ0n) is 8.83. The first kappa shape index (κ1) is 12.5. The van der Waals surface area contributed by atoms with Crippen LogP contribution in [0.25, 0.3) is 0 Å². The van der Waals surface area contributed by atoms with Crippen LogP contribution in [-0.2, 0) is 9.53 Å². The van der Waals surface area contributed by atoms with Crippen molar-refractivity contribution < 1.29 is 9.53 Å². The van der Waals surface area contributed by atoms with Crippen molar-refractivity contribution in [2.24, 2.45) is 5.41 Å². The fourth-order valence-corrected chi connectivity index (χ4v) is 1.90. The van der Waals surface area contributed by atoms with Crippen LogP contribution in [0, 0.1) is 5.41 Å². The Morgan fingerprint density at radius 2 is 2.13 bits per heavy atom. The highest BCUT2D eigenvalue weighted by molar-refractivity contribution is 14.1. The number of methoxy groups -OCH3 is 1. The standard InChI is InChI=1S/C12H15IO2/c1-10(13)6-9-12(11(14)15-2)7-4-3-5-8-12/h4-5,7-8H,1,3,6,9H2,2H3. The number of esters is 1. The van der Waals surface area contributed by atoms with E-state index in [1.165, 1.54) is 7.11 Å². The summed E-state index contributed by atoms with van der Waals surface area (Å²) in [6.45, 7) is 3.84. The molecule has 0 heterocycles. The molecule has 0 amide bonds. The maximum absolute atomic E-state index is 11.7. The molecule has 0 radical (unpaired) electrons. The number of ether oxygens (including phenoxy) is 1. The smallest absolute Gasteiger partial charge is 0.319 e. The lowest BCUT2D eigenvalue weighted by molar-refractivity contribution is -0.147. The molecule has 0 saturated heterocycles. The molecule has 0 aromatic rings. The number of allylic oxidation sites excluding steroid dienone is 3. The molecular formula is C12H15IO2. The summed E-state index contributed by atoms with van der Waals surface area (Å²) >= 11 is 2.19. The molecule has 0 saturated carbocycles. The molecule has 1 aliphatic rings. The second-order valence-corrected chi connectivity index (χ2v) is 5.12. The minimum absolute atomic E-state index is 0.188. The molecule has 0 aromatic carbocycles. The van der Waals surface area contributed by atoms with Gasteiger partial charge in [0.15, 0.2) is 0 Å². The van der Waals surface area contributed by atoms with Gasteiger partial charge in [0.25, 0.3) is 0 Å². The molecule has 0 aliphatic heterocycles. The summed E-state index contributed by atoms with van der Waals surface area (Å²) in [5.41, 5.74) is -0.568. The van der Waals surface area contributed by atoms with Gasteiger partial charge in [-0.2, -0.15) is 0 Å². The molecule has 82 valence electrons. The number of carbonyl (C=O) groups excluding carboxylic acids is 1. The number of hydrogen-bond donors (Lipinski definition) is 0. The normalized spacial score (nSPS) is 17.5. The fraction of sp³-hybridized carbons (Fsp3) is 0.417. The van der Waals surface area contributed by atoms with Gasteiger partial charge in [-0.25, -0.2) is 0 Å². The zero-order valence-corrected chi connectivity index (χ0v) is 11.0. The van der Waals surface area contributed by atoms with E-state index in [0.717, 1.165) is 22.8 Å². The summed E-state index contributed by atoms with van der Waals surface area (Å²) in [5, 5.41) is 0. The van der Waals surface area contributed by atoms with E-state index in [-0.39, 0.29) is 5.97 Å². The van der Waals surface area contributed by atoms with Gasteiger partial charge >= 0.3 is 5.97 Å². The monoisotopic (exact) mass is 318 g/mol. The van der Waals surface area contributed by atoms with E-state index in [9.17, 15) is 4.79 Å². The molecule has 0 N–H and O–H groups in total. The van der Waals surface area contributed by atoms with E-state index in [1.54, 1.807) is 0 Å². The molecule has 0 spiro atoms. The highest BCUT2D eigenvalue weighted by Gasteiger charge is 2.34. The Kier molecular flexibility index (Phi) is 4.57. The second kappa shape index (κ2) is 5.49. The first-order valence-corrected chi connectivity index (χ1v) is 5.96. The Balaban J connectivity index is 2.81. The Labute approximate surface area is 104 Å². The van der Waals surface area contributed by atoms with E-state index >= 15 is 0 Å². The molecule has 1 aliphatic carbocycles. The third-order valence-corrected chi connectivity index (χ3v) is 3.02. The third-order valence-electron chi connectivity index (χ3n) is 2.48. The molecule has 15 heavy (non-hydrogen) atoms. The number of rotatable bonds is 4. The van der Waals surface area contributed by atoms with E-state index in [2.05, 4.69) is 29.2 Å². The molecule has 0 fully saturated rings. The predicted octanol–water partition coefficient (Wildman–Crippen LogP) is 3.39. The molecule has 0 atom stereocenters. The van der Waals surface area contributed by atoms with E-state index < -0.39 is 5.41 Å². The fourth-order valence-electron chi connectivity index (χ4n) is 1.63. The summed E-state index contributed by atoms with van der Waals surface area (Å²) in [6.07, 6.45) is 10.3. The Morgan fingerprint density at radius 3 is 2.60 bits per heavy atom.